The van der Waals surface area contributed by atoms with E-state index in [2.05, 4.69) is 30.9 Å². The van der Waals surface area contributed by atoms with E-state index in [1.54, 1.807) is 12.3 Å². The van der Waals surface area contributed by atoms with E-state index in [1.165, 1.54) is 0 Å². The van der Waals surface area contributed by atoms with Gasteiger partial charge in [-0.2, -0.15) is 4.98 Å². The average molecular weight is 342 g/mol. The first-order chi connectivity index (χ1) is 10.3. The molecule has 1 aliphatic rings. The van der Waals surface area contributed by atoms with E-state index in [4.69, 9.17) is 4.74 Å². The summed E-state index contributed by atoms with van der Waals surface area (Å²) in [7, 11) is 0. The van der Waals surface area contributed by atoms with Crippen LogP contribution < -0.4 is 4.74 Å². The van der Waals surface area contributed by atoms with E-state index >= 15 is 0 Å². The first-order valence-corrected chi connectivity index (χ1v) is 7.65. The number of para-hydroxylation sites is 1. The van der Waals surface area contributed by atoms with Gasteiger partial charge in [0.1, 0.15) is 15.9 Å². The number of rotatable bonds is 3. The molecule has 4 nitrogen and oxygen atoms in total. The molecule has 104 valence electrons. The van der Waals surface area contributed by atoms with Crippen molar-refractivity contribution in [2.45, 2.75) is 18.8 Å². The molecular formula is C16H12BrN3O. The Bertz CT molecular complexity index is 812. The van der Waals surface area contributed by atoms with Gasteiger partial charge in [-0.1, -0.05) is 18.2 Å². The van der Waals surface area contributed by atoms with Crippen molar-refractivity contribution in [1.82, 2.24) is 15.0 Å². The quantitative estimate of drug-likeness (QED) is 0.660. The summed E-state index contributed by atoms with van der Waals surface area (Å²) in [5.41, 5.74) is 0.836. The Morgan fingerprint density at radius 1 is 1.10 bits per heavy atom. The molecule has 0 amide bonds. The molecule has 1 aliphatic carbocycles. The van der Waals surface area contributed by atoms with Gasteiger partial charge in [0.05, 0.1) is 0 Å². The van der Waals surface area contributed by atoms with Crippen molar-refractivity contribution in [3.63, 3.8) is 0 Å². The summed E-state index contributed by atoms with van der Waals surface area (Å²) in [6.07, 6.45) is 4.08. The van der Waals surface area contributed by atoms with E-state index in [-0.39, 0.29) is 0 Å². The molecular weight excluding hydrogens is 330 g/mol. The molecule has 0 bridgehead atoms. The number of nitrogens with zero attached hydrogens (tertiary/aromatic N) is 3. The topological polar surface area (TPSA) is 47.9 Å². The van der Waals surface area contributed by atoms with Crippen LogP contribution in [-0.4, -0.2) is 15.0 Å². The van der Waals surface area contributed by atoms with Crippen LogP contribution >= 0.6 is 15.9 Å². The zero-order valence-corrected chi connectivity index (χ0v) is 12.7. The van der Waals surface area contributed by atoms with Gasteiger partial charge in [0.15, 0.2) is 5.75 Å². The number of halogens is 1. The Kier molecular flexibility index (Phi) is 3.07. The van der Waals surface area contributed by atoms with Crippen molar-refractivity contribution in [2.24, 2.45) is 0 Å². The lowest BCUT2D eigenvalue weighted by atomic mass is 10.2. The van der Waals surface area contributed by atoms with Crippen molar-refractivity contribution in [3.8, 4) is 11.6 Å². The molecule has 0 saturated heterocycles. The van der Waals surface area contributed by atoms with E-state index < -0.39 is 0 Å². The summed E-state index contributed by atoms with van der Waals surface area (Å²) < 4.78 is 6.70. The molecule has 5 heteroatoms. The minimum Gasteiger partial charge on any atom is -0.437 e. The van der Waals surface area contributed by atoms with Crippen molar-refractivity contribution < 1.29 is 4.74 Å². The monoisotopic (exact) mass is 341 g/mol. The fraction of sp³-hybridized carbons (Fsp3) is 0.188. The molecule has 0 atom stereocenters. The molecule has 2 aromatic heterocycles. The number of fused-ring (bicyclic) bond motifs is 1. The van der Waals surface area contributed by atoms with Gasteiger partial charge in [-0.05, 0) is 40.9 Å². The van der Waals surface area contributed by atoms with Crippen molar-refractivity contribution in [3.05, 3.63) is 53.0 Å². The highest BCUT2D eigenvalue weighted by atomic mass is 79.9. The van der Waals surface area contributed by atoms with Crippen LogP contribution in [0.4, 0.5) is 0 Å². The summed E-state index contributed by atoms with van der Waals surface area (Å²) in [5, 5.41) is 1.05. The lowest BCUT2D eigenvalue weighted by molar-refractivity contribution is 0.462. The highest BCUT2D eigenvalue weighted by Gasteiger charge is 2.27. The third kappa shape index (κ3) is 2.61. The van der Waals surface area contributed by atoms with Gasteiger partial charge in [-0.15, -0.1) is 0 Å². The molecule has 3 aromatic rings. The number of ether oxygens (including phenoxy) is 1. The lowest BCUT2D eigenvalue weighted by Crippen LogP contribution is -1.97. The molecule has 2 heterocycles. The fourth-order valence-electron chi connectivity index (χ4n) is 2.26. The van der Waals surface area contributed by atoms with Gasteiger partial charge >= 0.3 is 0 Å². The maximum absolute atomic E-state index is 5.95. The molecule has 1 fully saturated rings. The summed E-state index contributed by atoms with van der Waals surface area (Å²) >= 11 is 3.43. The summed E-state index contributed by atoms with van der Waals surface area (Å²) in [5.74, 6) is 2.60. The molecule has 0 unspecified atom stereocenters. The zero-order valence-electron chi connectivity index (χ0n) is 11.2. The molecule has 4 rings (SSSR count). The number of pyridine rings is 1. The molecule has 1 aromatic carbocycles. The third-order valence-corrected chi connectivity index (χ3v) is 3.85. The summed E-state index contributed by atoms with van der Waals surface area (Å²) in [6.45, 7) is 0. The second-order valence-electron chi connectivity index (χ2n) is 5.09. The van der Waals surface area contributed by atoms with Crippen molar-refractivity contribution >= 4 is 26.8 Å². The smallest absolute Gasteiger partial charge is 0.223 e. The van der Waals surface area contributed by atoms with Crippen LogP contribution in [0, 0.1) is 0 Å². The molecule has 0 N–H and O–H groups in total. The van der Waals surface area contributed by atoms with Gasteiger partial charge in [-0.3, -0.25) is 4.98 Å². The van der Waals surface area contributed by atoms with Crippen LogP contribution in [0.15, 0.2) is 47.2 Å². The second kappa shape index (κ2) is 5.07. The van der Waals surface area contributed by atoms with Crippen LogP contribution in [0.1, 0.15) is 24.6 Å². The Balaban J connectivity index is 1.74. The Hall–Kier alpha value is -2.01. The number of hydrogen-bond acceptors (Lipinski definition) is 4. The number of benzene rings is 1. The van der Waals surface area contributed by atoms with Crippen molar-refractivity contribution in [2.75, 3.05) is 0 Å². The summed E-state index contributed by atoms with van der Waals surface area (Å²) in [4.78, 5) is 13.3. The zero-order chi connectivity index (χ0) is 14.2. The molecule has 0 spiro atoms. The van der Waals surface area contributed by atoms with Gasteiger partial charge < -0.3 is 4.74 Å². The highest BCUT2D eigenvalue weighted by Crippen LogP contribution is 2.39. The van der Waals surface area contributed by atoms with Crippen molar-refractivity contribution in [1.29, 1.82) is 0 Å². The van der Waals surface area contributed by atoms with Gasteiger partial charge in [0, 0.05) is 23.6 Å². The predicted octanol–water partition coefficient (Wildman–Crippen LogP) is 4.46. The second-order valence-corrected chi connectivity index (χ2v) is 5.91. The van der Waals surface area contributed by atoms with Gasteiger partial charge in [-0.25, -0.2) is 4.98 Å². The largest absolute Gasteiger partial charge is 0.437 e. The fourth-order valence-corrected chi connectivity index (χ4v) is 2.64. The standard InChI is InChI=1S/C16H12BrN3O/c17-13-9-14(20-16(19-13)11-6-7-11)21-12-5-1-3-10-4-2-8-18-15(10)12/h1-5,8-9,11H,6-7H2. The van der Waals surface area contributed by atoms with Crippen LogP contribution in [0.5, 0.6) is 11.6 Å². The third-order valence-electron chi connectivity index (χ3n) is 3.44. The van der Waals surface area contributed by atoms with E-state index in [0.29, 0.717) is 17.5 Å². The molecule has 1 saturated carbocycles. The minimum atomic E-state index is 0.482. The minimum absolute atomic E-state index is 0.482. The Labute approximate surface area is 130 Å². The molecule has 0 aliphatic heterocycles. The van der Waals surface area contributed by atoms with Crippen LogP contribution in [0.3, 0.4) is 0 Å². The summed E-state index contributed by atoms with van der Waals surface area (Å²) in [6, 6.07) is 11.6. The van der Waals surface area contributed by atoms with Crippen LogP contribution in [-0.2, 0) is 0 Å². The predicted molar refractivity (Wildman–Crippen MR) is 83.5 cm³/mol. The maximum atomic E-state index is 5.95. The lowest BCUT2D eigenvalue weighted by Gasteiger charge is -2.08. The van der Waals surface area contributed by atoms with E-state index in [0.717, 1.165) is 34.2 Å². The van der Waals surface area contributed by atoms with E-state index in [9.17, 15) is 0 Å². The number of hydrogen-bond donors (Lipinski definition) is 0. The molecule has 21 heavy (non-hydrogen) atoms. The normalized spacial score (nSPS) is 14.3. The average Bonchev–Trinajstić information content (AvgIpc) is 3.32. The Morgan fingerprint density at radius 3 is 2.81 bits per heavy atom. The first-order valence-electron chi connectivity index (χ1n) is 6.86. The first kappa shape index (κ1) is 12.7. The maximum Gasteiger partial charge on any atom is 0.223 e. The Morgan fingerprint density at radius 2 is 1.95 bits per heavy atom. The van der Waals surface area contributed by atoms with Gasteiger partial charge in [0.2, 0.25) is 5.88 Å². The van der Waals surface area contributed by atoms with Crippen LogP contribution in [0.25, 0.3) is 10.9 Å². The number of aromatic nitrogens is 3. The van der Waals surface area contributed by atoms with E-state index in [1.807, 2.05) is 30.3 Å². The molecule has 0 radical (unpaired) electrons. The SMILES string of the molecule is Brc1cc(Oc2cccc3cccnc23)nc(C2CC2)n1. The van der Waals surface area contributed by atoms with Crippen LogP contribution in [0.2, 0.25) is 0 Å². The van der Waals surface area contributed by atoms with Gasteiger partial charge in [0.25, 0.3) is 0 Å². The highest BCUT2D eigenvalue weighted by molar-refractivity contribution is 9.10.